The van der Waals surface area contributed by atoms with Gasteiger partial charge in [-0.3, -0.25) is 0 Å². The summed E-state index contributed by atoms with van der Waals surface area (Å²) in [5.41, 5.74) is 10.6. The number of benzene rings is 9. The monoisotopic (exact) mass is 819 g/mol. The summed E-state index contributed by atoms with van der Waals surface area (Å²) in [6.07, 6.45) is 0. The largest absolute Gasteiger partial charge is 0.309 e. The van der Waals surface area contributed by atoms with Crippen LogP contribution < -0.4 is 15.9 Å². The maximum Gasteiger partial charge on any atom is 0.0542 e. The van der Waals surface area contributed by atoms with Gasteiger partial charge in [0.05, 0.1) is 33.1 Å². The fourth-order valence-corrected chi connectivity index (χ4v) is 16.3. The van der Waals surface area contributed by atoms with Crippen molar-refractivity contribution in [3.8, 4) is 17.1 Å². The van der Waals surface area contributed by atoms with Gasteiger partial charge in [0.2, 0.25) is 0 Å². The molecule has 13 rings (SSSR count). The van der Waals surface area contributed by atoms with E-state index in [1.54, 1.807) is 0 Å². The Balaban J connectivity index is 1.08. The van der Waals surface area contributed by atoms with E-state index in [9.17, 15) is 0 Å². The van der Waals surface area contributed by atoms with Gasteiger partial charge in [0, 0.05) is 75.8 Å². The Morgan fingerprint density at radius 1 is 0.317 bits per heavy atom. The molecule has 1 aliphatic rings. The third kappa shape index (κ3) is 4.77. The highest BCUT2D eigenvalue weighted by atomic mass is 32.4. The number of aromatic nitrogens is 3. The molecule has 12 aromatic rings. The lowest BCUT2D eigenvalue weighted by Gasteiger charge is -2.32. The fraction of sp³-hybridized carbons (Fsp3) is 0. The molecule has 3 aromatic heterocycles. The summed E-state index contributed by atoms with van der Waals surface area (Å²) in [7, 11) is 0. The van der Waals surface area contributed by atoms with Crippen LogP contribution in [0.4, 0.5) is 0 Å². The zero-order chi connectivity index (χ0) is 39.5. The van der Waals surface area contributed by atoms with E-state index < -0.39 is 6.04 Å². The van der Waals surface area contributed by atoms with E-state index in [2.05, 4.69) is 220 Å². The zero-order valence-corrected chi connectivity index (χ0v) is 34.8. The van der Waals surface area contributed by atoms with Crippen molar-refractivity contribution in [2.45, 2.75) is 9.79 Å². The van der Waals surface area contributed by atoms with Crippen molar-refractivity contribution in [1.29, 1.82) is 0 Å². The topological polar surface area (TPSA) is 14.8 Å². The van der Waals surface area contributed by atoms with Gasteiger partial charge in [0.1, 0.15) is 0 Å². The Morgan fingerprint density at radius 2 is 0.700 bits per heavy atom. The Morgan fingerprint density at radius 3 is 1.22 bits per heavy atom. The number of rotatable bonds is 4. The maximum atomic E-state index is 6.85. The van der Waals surface area contributed by atoms with Crippen LogP contribution in [0.1, 0.15) is 0 Å². The van der Waals surface area contributed by atoms with E-state index in [0.29, 0.717) is 0 Å². The van der Waals surface area contributed by atoms with Gasteiger partial charge in [-0.05, 0) is 90.2 Å². The SMILES string of the molecule is S=P1(c2ccccc2)c2ccccc2Sc2cc(-n3c4ccc(-n5c6ccccc6c6ccccc65)cc4c4cc(-n5c6ccccc6c6ccccc65)ccc43)ccc21. The normalized spacial score (nSPS) is 15.1. The predicted molar refractivity (Wildman–Crippen MR) is 260 cm³/mol. The summed E-state index contributed by atoms with van der Waals surface area (Å²) in [5.74, 6) is 0. The molecule has 1 atom stereocenters. The summed E-state index contributed by atoms with van der Waals surface area (Å²) < 4.78 is 7.31. The summed E-state index contributed by atoms with van der Waals surface area (Å²) in [5, 5.41) is 11.2. The van der Waals surface area contributed by atoms with Crippen molar-refractivity contribution in [2.75, 3.05) is 0 Å². The highest BCUT2D eigenvalue weighted by Gasteiger charge is 2.34. The fourth-order valence-electron chi connectivity index (χ4n) is 9.91. The van der Waals surface area contributed by atoms with E-state index in [0.717, 1.165) is 28.1 Å². The average molecular weight is 820 g/mol. The van der Waals surface area contributed by atoms with Gasteiger partial charge in [0.15, 0.2) is 0 Å². The van der Waals surface area contributed by atoms with Crippen LogP contribution in [0, 0.1) is 0 Å². The van der Waals surface area contributed by atoms with Crippen molar-refractivity contribution in [2.24, 2.45) is 0 Å². The summed E-state index contributed by atoms with van der Waals surface area (Å²) in [4.78, 5) is 2.49. The van der Waals surface area contributed by atoms with E-state index in [4.69, 9.17) is 11.8 Å². The van der Waals surface area contributed by atoms with Crippen molar-refractivity contribution in [1.82, 2.24) is 13.7 Å². The lowest BCUT2D eigenvalue weighted by molar-refractivity contribution is 1.15. The first-order valence-electron chi connectivity index (χ1n) is 20.3. The molecule has 60 heavy (non-hydrogen) atoms. The molecule has 0 aliphatic carbocycles. The summed E-state index contributed by atoms with van der Waals surface area (Å²) >= 11 is 8.70. The molecular formula is C54H34N3PS2. The van der Waals surface area contributed by atoms with Gasteiger partial charge in [-0.15, -0.1) is 0 Å². The minimum absolute atomic E-state index is 1.13. The van der Waals surface area contributed by atoms with E-state index in [1.165, 1.54) is 80.1 Å². The third-order valence-corrected chi connectivity index (χ3v) is 18.9. The van der Waals surface area contributed by atoms with Crippen molar-refractivity contribution in [3.63, 3.8) is 0 Å². The van der Waals surface area contributed by atoms with E-state index in [1.807, 2.05) is 11.8 Å². The van der Waals surface area contributed by atoms with Crippen molar-refractivity contribution in [3.05, 3.63) is 206 Å². The molecule has 0 N–H and O–H groups in total. The Hall–Kier alpha value is -6.62. The van der Waals surface area contributed by atoms with Gasteiger partial charge in [0.25, 0.3) is 0 Å². The molecule has 3 nitrogen and oxygen atoms in total. The minimum Gasteiger partial charge on any atom is -0.309 e. The molecule has 0 bridgehead atoms. The Bertz CT molecular complexity index is 3520. The lowest BCUT2D eigenvalue weighted by Crippen LogP contribution is -2.30. The molecular weight excluding hydrogens is 786 g/mol. The number of para-hydroxylation sites is 4. The second-order valence-electron chi connectivity index (χ2n) is 15.6. The van der Waals surface area contributed by atoms with Crippen molar-refractivity contribution >= 4 is 111 Å². The highest BCUT2D eigenvalue weighted by Crippen LogP contribution is 2.53. The van der Waals surface area contributed by atoms with Crippen LogP contribution >= 0.6 is 17.8 Å². The first-order valence-corrected chi connectivity index (χ1v) is 23.9. The van der Waals surface area contributed by atoms with Crippen LogP contribution in [0.5, 0.6) is 0 Å². The summed E-state index contributed by atoms with van der Waals surface area (Å²) in [6.45, 7) is 0. The quantitative estimate of drug-likeness (QED) is 0.164. The standard InChI is InChI=1S/C54H34N3PS2/c59-58(38-14-2-1-3-15-38)51-24-12-13-25-53(51)60-54-34-37(28-31-52(54)58)57-49-29-26-35(55-45-20-8-4-16-39(45)40-17-5-9-21-46(40)55)32-43(49)44-33-36(27-30-50(44)57)56-47-22-10-6-18-41(47)42-19-7-11-23-48(42)56/h1-34H. The van der Waals surface area contributed by atoms with Gasteiger partial charge in [-0.25, -0.2) is 0 Å². The second kappa shape index (κ2) is 12.9. The molecule has 282 valence electrons. The minimum atomic E-state index is -2.29. The van der Waals surface area contributed by atoms with E-state index >= 15 is 0 Å². The predicted octanol–water partition coefficient (Wildman–Crippen LogP) is 13.2. The number of fused-ring (bicyclic) bond motifs is 11. The first kappa shape index (κ1) is 34.3. The molecule has 1 unspecified atom stereocenters. The average Bonchev–Trinajstić information content (AvgIpc) is 3.94. The summed E-state index contributed by atoms with van der Waals surface area (Å²) in [6, 6.07) is 73.4. The second-order valence-corrected chi connectivity index (χ2v) is 21.1. The molecule has 0 spiro atoms. The molecule has 0 saturated carbocycles. The van der Waals surface area contributed by atoms with Gasteiger partial charge in [-0.2, -0.15) is 0 Å². The van der Waals surface area contributed by atoms with Gasteiger partial charge >= 0.3 is 0 Å². The molecule has 0 fully saturated rings. The number of hydrogen-bond donors (Lipinski definition) is 0. The molecule has 1 aliphatic heterocycles. The smallest absolute Gasteiger partial charge is 0.0542 e. The molecule has 6 heteroatoms. The van der Waals surface area contributed by atoms with Crippen LogP contribution in [0.15, 0.2) is 216 Å². The van der Waals surface area contributed by atoms with Crippen LogP contribution in [0.3, 0.4) is 0 Å². The molecule has 0 radical (unpaired) electrons. The Labute approximate surface area is 355 Å². The first-order chi connectivity index (χ1) is 29.6. The highest BCUT2D eigenvalue weighted by molar-refractivity contribution is 8.26. The van der Waals surface area contributed by atoms with Crippen LogP contribution in [0.25, 0.3) is 82.5 Å². The molecule has 4 heterocycles. The number of hydrogen-bond acceptors (Lipinski definition) is 2. The van der Waals surface area contributed by atoms with Crippen molar-refractivity contribution < 1.29 is 0 Å². The van der Waals surface area contributed by atoms with Gasteiger partial charge in [-0.1, -0.05) is 145 Å². The third-order valence-electron chi connectivity index (χ3n) is 12.5. The molecule has 0 saturated heterocycles. The van der Waals surface area contributed by atoms with E-state index in [-0.39, 0.29) is 0 Å². The van der Waals surface area contributed by atoms with Gasteiger partial charge < -0.3 is 13.7 Å². The number of nitrogens with zero attached hydrogens (tertiary/aromatic N) is 3. The van der Waals surface area contributed by atoms with Crippen LogP contribution in [-0.4, -0.2) is 13.7 Å². The zero-order valence-electron chi connectivity index (χ0n) is 32.2. The molecule has 0 amide bonds. The Kier molecular flexibility index (Phi) is 7.39. The lowest BCUT2D eigenvalue weighted by atomic mass is 10.1. The maximum absolute atomic E-state index is 6.85. The van der Waals surface area contributed by atoms with Crippen LogP contribution in [0.2, 0.25) is 0 Å². The van der Waals surface area contributed by atoms with Crippen LogP contribution in [-0.2, 0) is 11.8 Å². The molecule has 9 aromatic carbocycles.